The molecule has 1 aromatic rings. The van der Waals surface area contributed by atoms with Crippen molar-refractivity contribution in [3.05, 3.63) is 29.8 Å². The minimum atomic E-state index is 0. The Kier molecular flexibility index (Phi) is 7.69. The van der Waals surface area contributed by atoms with Gasteiger partial charge in [-0.2, -0.15) is 0 Å². The van der Waals surface area contributed by atoms with Gasteiger partial charge in [0.15, 0.2) is 0 Å². The van der Waals surface area contributed by atoms with Gasteiger partial charge in [-0.3, -0.25) is 4.79 Å². The first-order chi connectivity index (χ1) is 10.1. The number of halogens is 1. The molecule has 0 aliphatic carbocycles. The molecule has 1 saturated heterocycles. The molecule has 0 radical (unpaired) electrons. The van der Waals surface area contributed by atoms with Crippen molar-refractivity contribution in [3.63, 3.8) is 0 Å². The Morgan fingerprint density at radius 1 is 1.32 bits per heavy atom. The quantitative estimate of drug-likeness (QED) is 0.904. The van der Waals surface area contributed by atoms with Gasteiger partial charge >= 0.3 is 0 Å². The van der Waals surface area contributed by atoms with Gasteiger partial charge in [-0.1, -0.05) is 18.2 Å². The number of carbonyl (C=O) groups is 1. The SMILES string of the molecule is CC(C)Oc1ccccc1CC(=O)N(C)C1CCNCC1.Cl. The number of rotatable bonds is 5. The van der Waals surface area contributed by atoms with E-state index in [1.807, 2.05) is 50.1 Å². The normalized spacial score (nSPS) is 15.3. The van der Waals surface area contributed by atoms with Crippen LogP contribution in [0, 0.1) is 0 Å². The van der Waals surface area contributed by atoms with Crippen molar-refractivity contribution in [1.29, 1.82) is 0 Å². The van der Waals surface area contributed by atoms with Gasteiger partial charge in [0.05, 0.1) is 12.5 Å². The molecule has 22 heavy (non-hydrogen) atoms. The van der Waals surface area contributed by atoms with Gasteiger partial charge in [0.1, 0.15) is 5.75 Å². The zero-order chi connectivity index (χ0) is 15.2. The van der Waals surface area contributed by atoms with Gasteiger partial charge in [0.2, 0.25) is 5.91 Å². The zero-order valence-corrected chi connectivity index (χ0v) is 14.5. The van der Waals surface area contributed by atoms with E-state index in [4.69, 9.17) is 4.74 Å². The molecule has 5 heteroatoms. The van der Waals surface area contributed by atoms with E-state index in [1.54, 1.807) is 0 Å². The van der Waals surface area contributed by atoms with Gasteiger partial charge < -0.3 is 15.0 Å². The molecule has 1 amide bonds. The van der Waals surface area contributed by atoms with Gasteiger partial charge in [-0.05, 0) is 45.8 Å². The third-order valence-corrected chi connectivity index (χ3v) is 3.93. The fourth-order valence-corrected chi connectivity index (χ4v) is 2.70. The number of piperidine rings is 1. The van der Waals surface area contributed by atoms with Crippen molar-refractivity contribution in [1.82, 2.24) is 10.2 Å². The molecule has 124 valence electrons. The molecule has 0 spiro atoms. The third kappa shape index (κ3) is 5.18. The number of carbonyl (C=O) groups excluding carboxylic acids is 1. The maximum atomic E-state index is 12.5. The second-order valence-corrected chi connectivity index (χ2v) is 5.94. The molecule has 1 N–H and O–H groups in total. The summed E-state index contributed by atoms with van der Waals surface area (Å²) in [7, 11) is 1.92. The van der Waals surface area contributed by atoms with Crippen molar-refractivity contribution in [2.75, 3.05) is 20.1 Å². The first-order valence-corrected chi connectivity index (χ1v) is 7.79. The Bertz CT molecular complexity index is 473. The summed E-state index contributed by atoms with van der Waals surface area (Å²) in [5.74, 6) is 0.987. The second kappa shape index (κ2) is 9.01. The van der Waals surface area contributed by atoms with Crippen LogP contribution in [0.2, 0.25) is 0 Å². The van der Waals surface area contributed by atoms with Crippen molar-refractivity contribution < 1.29 is 9.53 Å². The van der Waals surface area contributed by atoms with Crippen LogP contribution in [0.15, 0.2) is 24.3 Å². The molecule has 0 atom stereocenters. The maximum Gasteiger partial charge on any atom is 0.227 e. The van der Waals surface area contributed by atoms with Crippen LogP contribution in [0.25, 0.3) is 0 Å². The lowest BCUT2D eigenvalue weighted by Gasteiger charge is -2.32. The van der Waals surface area contributed by atoms with Crippen LogP contribution in [-0.2, 0) is 11.2 Å². The number of likely N-dealkylation sites (N-methyl/N-ethyl adjacent to an activating group) is 1. The maximum absolute atomic E-state index is 12.5. The molecular formula is C17H27ClN2O2. The van der Waals surface area contributed by atoms with Crippen LogP contribution in [0.5, 0.6) is 5.75 Å². The summed E-state index contributed by atoms with van der Waals surface area (Å²) in [6.45, 7) is 5.99. The highest BCUT2D eigenvalue weighted by molar-refractivity contribution is 5.85. The standard InChI is InChI=1S/C17H26N2O2.ClH/c1-13(2)21-16-7-5-4-6-14(16)12-17(20)19(3)15-8-10-18-11-9-15;/h4-7,13,15,18H,8-12H2,1-3H3;1H. The van der Waals surface area contributed by atoms with E-state index in [0.717, 1.165) is 37.2 Å². The lowest BCUT2D eigenvalue weighted by atomic mass is 10.0. The highest BCUT2D eigenvalue weighted by Crippen LogP contribution is 2.21. The summed E-state index contributed by atoms with van der Waals surface area (Å²) in [4.78, 5) is 14.4. The fraction of sp³-hybridized carbons (Fsp3) is 0.588. The van der Waals surface area contributed by atoms with Crippen LogP contribution >= 0.6 is 12.4 Å². The van der Waals surface area contributed by atoms with Crippen LogP contribution in [0.3, 0.4) is 0 Å². The topological polar surface area (TPSA) is 41.6 Å². The zero-order valence-electron chi connectivity index (χ0n) is 13.7. The molecule has 1 heterocycles. The van der Waals surface area contributed by atoms with Crippen LogP contribution in [-0.4, -0.2) is 43.1 Å². The van der Waals surface area contributed by atoms with Crippen LogP contribution < -0.4 is 10.1 Å². The predicted molar refractivity (Wildman–Crippen MR) is 91.8 cm³/mol. The highest BCUT2D eigenvalue weighted by Gasteiger charge is 2.22. The fourth-order valence-electron chi connectivity index (χ4n) is 2.70. The van der Waals surface area contributed by atoms with E-state index in [9.17, 15) is 4.79 Å². The van der Waals surface area contributed by atoms with Gasteiger partial charge in [0, 0.05) is 18.7 Å². The average Bonchev–Trinajstić information content (AvgIpc) is 2.49. The van der Waals surface area contributed by atoms with Crippen molar-refractivity contribution in [2.45, 2.75) is 45.3 Å². The number of hydrogen-bond acceptors (Lipinski definition) is 3. The number of nitrogens with zero attached hydrogens (tertiary/aromatic N) is 1. The van der Waals surface area contributed by atoms with Gasteiger partial charge in [-0.15, -0.1) is 12.4 Å². The molecule has 0 unspecified atom stereocenters. The van der Waals surface area contributed by atoms with Crippen LogP contribution in [0.4, 0.5) is 0 Å². The number of nitrogens with one attached hydrogen (secondary N) is 1. The summed E-state index contributed by atoms with van der Waals surface area (Å²) in [6.07, 6.45) is 2.59. The van der Waals surface area contributed by atoms with E-state index in [2.05, 4.69) is 5.32 Å². The molecule has 4 nitrogen and oxygen atoms in total. The number of hydrogen-bond donors (Lipinski definition) is 1. The van der Waals surface area contributed by atoms with Crippen molar-refractivity contribution >= 4 is 18.3 Å². The molecule has 1 aromatic carbocycles. The number of amides is 1. The van der Waals surface area contributed by atoms with E-state index in [0.29, 0.717) is 12.5 Å². The van der Waals surface area contributed by atoms with Crippen molar-refractivity contribution in [2.24, 2.45) is 0 Å². The molecular weight excluding hydrogens is 300 g/mol. The minimum Gasteiger partial charge on any atom is -0.491 e. The Morgan fingerprint density at radius 2 is 1.95 bits per heavy atom. The Morgan fingerprint density at radius 3 is 2.59 bits per heavy atom. The summed E-state index contributed by atoms with van der Waals surface area (Å²) >= 11 is 0. The Hall–Kier alpha value is -1.26. The predicted octanol–water partition coefficient (Wildman–Crippen LogP) is 2.65. The Labute approximate surface area is 139 Å². The van der Waals surface area contributed by atoms with Gasteiger partial charge in [0.25, 0.3) is 0 Å². The minimum absolute atomic E-state index is 0. The molecule has 1 fully saturated rings. The smallest absolute Gasteiger partial charge is 0.227 e. The summed E-state index contributed by atoms with van der Waals surface area (Å²) in [5, 5.41) is 3.33. The molecule has 1 aliphatic rings. The first-order valence-electron chi connectivity index (χ1n) is 7.79. The lowest BCUT2D eigenvalue weighted by Crippen LogP contribution is -2.44. The number of para-hydroxylation sites is 1. The molecule has 0 bridgehead atoms. The first kappa shape index (κ1) is 18.8. The molecule has 0 saturated carbocycles. The average molecular weight is 327 g/mol. The molecule has 2 rings (SSSR count). The highest BCUT2D eigenvalue weighted by atomic mass is 35.5. The van der Waals surface area contributed by atoms with E-state index in [1.165, 1.54) is 0 Å². The number of benzene rings is 1. The molecule has 0 aromatic heterocycles. The van der Waals surface area contributed by atoms with Gasteiger partial charge in [-0.25, -0.2) is 0 Å². The monoisotopic (exact) mass is 326 g/mol. The number of ether oxygens (including phenoxy) is 1. The Balaban J connectivity index is 0.00000242. The summed E-state index contributed by atoms with van der Waals surface area (Å²) in [5.41, 5.74) is 0.969. The molecule has 1 aliphatic heterocycles. The largest absolute Gasteiger partial charge is 0.491 e. The van der Waals surface area contributed by atoms with Crippen molar-refractivity contribution in [3.8, 4) is 5.75 Å². The van der Waals surface area contributed by atoms with Crippen LogP contribution in [0.1, 0.15) is 32.3 Å². The van der Waals surface area contributed by atoms with E-state index < -0.39 is 0 Å². The second-order valence-electron chi connectivity index (χ2n) is 5.94. The summed E-state index contributed by atoms with van der Waals surface area (Å²) < 4.78 is 5.79. The lowest BCUT2D eigenvalue weighted by molar-refractivity contribution is -0.131. The third-order valence-electron chi connectivity index (χ3n) is 3.93. The van der Waals surface area contributed by atoms with E-state index in [-0.39, 0.29) is 24.4 Å². The summed E-state index contributed by atoms with van der Waals surface area (Å²) in [6, 6.07) is 8.18. The van der Waals surface area contributed by atoms with E-state index >= 15 is 0 Å².